The first-order chi connectivity index (χ1) is 11.8. The van der Waals surface area contributed by atoms with E-state index in [1.54, 1.807) is 30.3 Å². The lowest BCUT2D eigenvalue weighted by atomic mass is 10.3. The predicted molar refractivity (Wildman–Crippen MR) is 106 cm³/mol. The van der Waals surface area contributed by atoms with Crippen LogP contribution in [0.1, 0.15) is 0 Å². The van der Waals surface area contributed by atoms with E-state index in [1.165, 1.54) is 18.2 Å². The van der Waals surface area contributed by atoms with Gasteiger partial charge in [0.25, 0.3) is 0 Å². The van der Waals surface area contributed by atoms with Crippen molar-refractivity contribution >= 4 is 47.2 Å². The van der Waals surface area contributed by atoms with Crippen molar-refractivity contribution < 1.29 is 22.6 Å². The normalized spacial score (nSPS) is 11.5. The van der Waals surface area contributed by atoms with Gasteiger partial charge in [-0.15, -0.1) is 37.1 Å². The molecule has 5 nitrogen and oxygen atoms in total. The summed E-state index contributed by atoms with van der Waals surface area (Å²) in [6.07, 6.45) is -4.80. The summed E-state index contributed by atoms with van der Waals surface area (Å²) in [7, 11) is 0. The van der Waals surface area contributed by atoms with Crippen LogP contribution in [-0.4, -0.2) is 25.5 Å². The molecule has 0 fully saturated rings. The second-order valence-electron chi connectivity index (χ2n) is 4.71. The van der Waals surface area contributed by atoms with Crippen molar-refractivity contribution in [3.8, 4) is 11.5 Å². The quantitative estimate of drug-likeness (QED) is 0.261. The van der Waals surface area contributed by atoms with Crippen molar-refractivity contribution in [2.75, 3.05) is 18.5 Å². The third kappa shape index (κ3) is 7.56. The minimum absolute atomic E-state index is 0. The monoisotopic (exact) mass is 501 g/mol. The molecule has 0 saturated heterocycles. The van der Waals surface area contributed by atoms with Crippen LogP contribution in [0, 0.1) is 0 Å². The number of hydrogen-bond acceptors (Lipinski definition) is 3. The minimum atomic E-state index is -4.80. The van der Waals surface area contributed by atoms with E-state index in [9.17, 15) is 13.2 Å². The van der Waals surface area contributed by atoms with Crippen LogP contribution in [-0.2, 0) is 0 Å². The zero-order chi connectivity index (χ0) is 18.3. The van der Waals surface area contributed by atoms with Crippen molar-refractivity contribution in [3.05, 3.63) is 53.6 Å². The average Bonchev–Trinajstić information content (AvgIpc) is 2.54. The highest BCUT2D eigenvalue weighted by Gasteiger charge is 2.32. The molecule has 2 aromatic rings. The maximum atomic E-state index is 12.4. The molecular formula is C16H16ClF3IN3O2. The first-order valence-electron chi connectivity index (χ1n) is 7.14. The van der Waals surface area contributed by atoms with Crippen LogP contribution in [0.25, 0.3) is 0 Å². The van der Waals surface area contributed by atoms with Crippen molar-refractivity contribution in [2.45, 2.75) is 6.36 Å². The van der Waals surface area contributed by atoms with E-state index >= 15 is 0 Å². The highest BCUT2D eigenvalue weighted by Crippen LogP contribution is 2.29. The lowest BCUT2D eigenvalue weighted by Crippen LogP contribution is -2.25. The Labute approximate surface area is 170 Å². The first-order valence-corrected chi connectivity index (χ1v) is 7.52. The van der Waals surface area contributed by atoms with Crippen LogP contribution in [0.5, 0.6) is 11.5 Å². The molecule has 0 aliphatic heterocycles. The Hall–Kier alpha value is -1.88. The Kier molecular flexibility index (Phi) is 8.79. The van der Waals surface area contributed by atoms with Gasteiger partial charge in [0, 0.05) is 0 Å². The molecule has 0 heterocycles. The molecule has 142 valence electrons. The smallest absolute Gasteiger partial charge is 0.490 e. The van der Waals surface area contributed by atoms with Gasteiger partial charge < -0.3 is 20.5 Å². The molecule has 0 bridgehead atoms. The van der Waals surface area contributed by atoms with Gasteiger partial charge in [-0.25, -0.2) is 4.99 Å². The van der Waals surface area contributed by atoms with Gasteiger partial charge in [0.15, 0.2) is 11.7 Å². The van der Waals surface area contributed by atoms with E-state index in [4.69, 9.17) is 22.1 Å². The number of ether oxygens (including phenoxy) is 2. The van der Waals surface area contributed by atoms with E-state index in [0.717, 1.165) is 0 Å². The average molecular weight is 502 g/mol. The number of alkyl halides is 3. The van der Waals surface area contributed by atoms with Crippen molar-refractivity contribution in [1.82, 2.24) is 0 Å². The molecule has 10 heteroatoms. The summed E-state index contributed by atoms with van der Waals surface area (Å²) >= 11 is 5.94. The molecule has 0 unspecified atom stereocenters. The van der Waals surface area contributed by atoms with Crippen LogP contribution in [0.4, 0.5) is 18.9 Å². The van der Waals surface area contributed by atoms with Gasteiger partial charge in [-0.1, -0.05) is 35.9 Å². The number of nitrogens with one attached hydrogen (secondary N) is 1. The molecule has 26 heavy (non-hydrogen) atoms. The number of para-hydroxylation sites is 3. The van der Waals surface area contributed by atoms with Crippen LogP contribution in [0.15, 0.2) is 53.5 Å². The number of benzene rings is 2. The van der Waals surface area contributed by atoms with Crippen LogP contribution in [0.3, 0.4) is 0 Å². The van der Waals surface area contributed by atoms with Gasteiger partial charge in [0.2, 0.25) is 0 Å². The van der Waals surface area contributed by atoms with Gasteiger partial charge in [0.05, 0.1) is 17.3 Å². The first kappa shape index (κ1) is 22.2. The van der Waals surface area contributed by atoms with Crippen molar-refractivity contribution in [2.24, 2.45) is 10.7 Å². The molecular weight excluding hydrogens is 486 g/mol. The Bertz CT molecular complexity index is 745. The number of halogens is 5. The largest absolute Gasteiger partial charge is 0.573 e. The summed E-state index contributed by atoms with van der Waals surface area (Å²) in [5, 5.41) is 3.03. The van der Waals surface area contributed by atoms with Crippen molar-refractivity contribution in [1.29, 1.82) is 0 Å². The molecule has 0 amide bonds. The predicted octanol–water partition coefficient (Wildman–Crippen LogP) is 4.66. The molecule has 0 saturated carbocycles. The van der Waals surface area contributed by atoms with Gasteiger partial charge in [0.1, 0.15) is 12.4 Å². The summed E-state index contributed by atoms with van der Waals surface area (Å²) in [6.45, 7) is 0.388. The number of aliphatic imine (C=N–C) groups is 1. The molecule has 0 aromatic heterocycles. The minimum Gasteiger partial charge on any atom is -0.490 e. The second kappa shape index (κ2) is 10.3. The lowest BCUT2D eigenvalue weighted by Gasteiger charge is -2.14. The van der Waals surface area contributed by atoms with Crippen LogP contribution in [0.2, 0.25) is 5.02 Å². The number of guanidine groups is 1. The van der Waals surface area contributed by atoms with Crippen molar-refractivity contribution in [3.63, 3.8) is 0 Å². The fraction of sp³-hybridized carbons (Fsp3) is 0.188. The summed E-state index contributed by atoms with van der Waals surface area (Å²) < 4.78 is 46.4. The SMILES string of the molecule is I.NC(=NCCOc1ccccc1Cl)Nc1ccccc1OC(F)(F)F. The van der Waals surface area contributed by atoms with Gasteiger partial charge >= 0.3 is 6.36 Å². The van der Waals surface area contributed by atoms with E-state index in [2.05, 4.69) is 15.0 Å². The Balaban J connectivity index is 0.00000338. The maximum absolute atomic E-state index is 12.4. The topological polar surface area (TPSA) is 68.9 Å². The Morgan fingerprint density at radius 2 is 1.69 bits per heavy atom. The summed E-state index contributed by atoms with van der Waals surface area (Å²) in [5.41, 5.74) is 5.72. The summed E-state index contributed by atoms with van der Waals surface area (Å²) in [4.78, 5) is 3.98. The molecule has 0 aliphatic carbocycles. The van der Waals surface area contributed by atoms with Crippen LogP contribution >= 0.6 is 35.6 Å². The number of anilines is 1. The number of nitrogens with zero attached hydrogens (tertiary/aromatic N) is 1. The van der Waals surface area contributed by atoms with E-state index in [1.807, 2.05) is 0 Å². The fourth-order valence-electron chi connectivity index (χ4n) is 1.84. The molecule has 2 aromatic carbocycles. The van der Waals surface area contributed by atoms with Gasteiger partial charge in [-0.3, -0.25) is 0 Å². The van der Waals surface area contributed by atoms with E-state index in [-0.39, 0.29) is 48.8 Å². The van der Waals surface area contributed by atoms with Gasteiger partial charge in [-0.2, -0.15) is 0 Å². The number of hydrogen-bond donors (Lipinski definition) is 2. The third-order valence-corrected chi connectivity index (χ3v) is 3.16. The summed E-state index contributed by atoms with van der Waals surface area (Å²) in [6, 6.07) is 12.5. The molecule has 3 N–H and O–H groups in total. The standard InChI is InChI=1S/C16H15ClF3N3O2.HI/c17-11-5-1-3-7-13(11)24-10-9-22-15(21)23-12-6-2-4-8-14(12)25-16(18,19)20;/h1-8H,9-10H2,(H3,21,22,23);1H. The Morgan fingerprint density at radius 1 is 1.08 bits per heavy atom. The highest BCUT2D eigenvalue weighted by molar-refractivity contribution is 14.0. The third-order valence-electron chi connectivity index (χ3n) is 2.84. The number of rotatable bonds is 6. The van der Waals surface area contributed by atoms with E-state index < -0.39 is 12.1 Å². The Morgan fingerprint density at radius 3 is 2.35 bits per heavy atom. The van der Waals surface area contributed by atoms with Crippen LogP contribution < -0.4 is 20.5 Å². The molecule has 0 aliphatic rings. The fourth-order valence-corrected chi connectivity index (χ4v) is 2.03. The zero-order valence-corrected chi connectivity index (χ0v) is 16.4. The zero-order valence-electron chi connectivity index (χ0n) is 13.3. The summed E-state index contributed by atoms with van der Waals surface area (Å²) in [5.74, 6) is 0.0382. The molecule has 0 radical (unpaired) electrons. The molecule has 0 spiro atoms. The molecule has 2 rings (SSSR count). The van der Waals surface area contributed by atoms with Gasteiger partial charge in [-0.05, 0) is 24.3 Å². The highest BCUT2D eigenvalue weighted by atomic mass is 127. The maximum Gasteiger partial charge on any atom is 0.573 e. The molecule has 0 atom stereocenters. The number of nitrogens with two attached hydrogens (primary N) is 1. The second-order valence-corrected chi connectivity index (χ2v) is 5.12. The lowest BCUT2D eigenvalue weighted by molar-refractivity contribution is -0.274. The van der Waals surface area contributed by atoms with E-state index in [0.29, 0.717) is 10.8 Å².